The van der Waals surface area contributed by atoms with Crippen LogP contribution in [-0.4, -0.2) is 53.5 Å². The van der Waals surface area contributed by atoms with Gasteiger partial charge in [-0.05, 0) is 50.7 Å². The van der Waals surface area contributed by atoms with Gasteiger partial charge in [-0.25, -0.2) is 4.39 Å². The van der Waals surface area contributed by atoms with Crippen LogP contribution in [0.15, 0.2) is 22.7 Å². The zero-order valence-electron chi connectivity index (χ0n) is 19.0. The van der Waals surface area contributed by atoms with Crippen LogP contribution in [0.2, 0.25) is 0 Å². The molecule has 1 aromatic carbocycles. The average molecular weight is 449 g/mol. The van der Waals surface area contributed by atoms with Gasteiger partial charge < -0.3 is 24.6 Å². The van der Waals surface area contributed by atoms with E-state index >= 15 is 0 Å². The van der Waals surface area contributed by atoms with Crippen molar-refractivity contribution in [3.63, 3.8) is 0 Å². The van der Waals surface area contributed by atoms with Crippen molar-refractivity contribution in [3.8, 4) is 5.75 Å². The van der Waals surface area contributed by atoms with Crippen molar-refractivity contribution < 1.29 is 23.6 Å². The Labute approximate surface area is 188 Å². The second kappa shape index (κ2) is 11.3. The number of hydrogen-bond donors (Lipinski definition) is 2. The summed E-state index contributed by atoms with van der Waals surface area (Å²) in [5.74, 6) is 0.813. The molecular formula is C23H33FN4O4. The fourth-order valence-electron chi connectivity index (χ4n) is 3.68. The Morgan fingerprint density at radius 2 is 2.09 bits per heavy atom. The van der Waals surface area contributed by atoms with Gasteiger partial charge in [-0.15, -0.1) is 0 Å². The highest BCUT2D eigenvalue weighted by atomic mass is 19.1. The normalized spacial score (nSPS) is 15.8. The maximum atomic E-state index is 14.3. The molecule has 1 aliphatic heterocycles. The summed E-state index contributed by atoms with van der Waals surface area (Å²) in [6.45, 7) is 7.82. The van der Waals surface area contributed by atoms with E-state index in [2.05, 4.69) is 20.4 Å². The van der Waals surface area contributed by atoms with Crippen LogP contribution in [-0.2, 0) is 0 Å². The molecule has 1 aromatic heterocycles. The molecule has 1 atom stereocenters. The average Bonchev–Trinajstić information content (AvgIpc) is 3.28. The van der Waals surface area contributed by atoms with Crippen molar-refractivity contribution >= 4 is 11.9 Å². The van der Waals surface area contributed by atoms with Crippen molar-refractivity contribution in [1.29, 1.82) is 0 Å². The minimum absolute atomic E-state index is 0.0637. The number of anilines is 1. The molecule has 2 aromatic rings. The lowest BCUT2D eigenvalue weighted by Crippen LogP contribution is -2.35. The number of halogens is 1. The number of piperidine rings is 1. The molecule has 32 heavy (non-hydrogen) atoms. The smallest absolute Gasteiger partial charge is 0.324 e. The number of hydrogen-bond acceptors (Lipinski definition) is 7. The van der Waals surface area contributed by atoms with Gasteiger partial charge in [0, 0.05) is 31.1 Å². The van der Waals surface area contributed by atoms with Gasteiger partial charge >= 0.3 is 6.01 Å². The highest BCUT2D eigenvalue weighted by molar-refractivity contribution is 5.94. The molecule has 0 bridgehead atoms. The van der Waals surface area contributed by atoms with Gasteiger partial charge in [0.15, 0.2) is 5.82 Å². The number of carbonyl (C=O) groups excluding carboxylic acids is 1. The molecule has 9 heteroatoms. The van der Waals surface area contributed by atoms with Gasteiger partial charge in [0.05, 0.1) is 18.8 Å². The first-order chi connectivity index (χ1) is 15.4. The van der Waals surface area contributed by atoms with Crippen LogP contribution in [0.1, 0.15) is 68.6 Å². The molecule has 8 nitrogen and oxygen atoms in total. The summed E-state index contributed by atoms with van der Waals surface area (Å²) in [5, 5.41) is 15.6. The van der Waals surface area contributed by atoms with E-state index in [1.807, 2.05) is 13.8 Å². The molecule has 0 aliphatic carbocycles. The third-order valence-corrected chi connectivity index (χ3v) is 5.69. The van der Waals surface area contributed by atoms with Crippen LogP contribution >= 0.6 is 0 Å². The topological polar surface area (TPSA) is 101 Å². The molecule has 0 unspecified atom stereocenters. The highest BCUT2D eigenvalue weighted by Gasteiger charge is 2.23. The minimum Gasteiger partial charge on any atom is -0.493 e. The predicted octanol–water partition coefficient (Wildman–Crippen LogP) is 3.52. The Hall–Kier alpha value is -2.68. The number of ether oxygens (including phenoxy) is 1. The number of amides is 1. The molecule has 1 aliphatic rings. The van der Waals surface area contributed by atoms with Crippen molar-refractivity contribution in [2.75, 3.05) is 31.2 Å². The summed E-state index contributed by atoms with van der Waals surface area (Å²) in [5.41, 5.74) is -0.0637. The van der Waals surface area contributed by atoms with E-state index in [0.717, 1.165) is 44.6 Å². The fraction of sp³-hybridized carbons (Fsp3) is 0.609. The molecule has 3 rings (SSSR count). The number of carbonyl (C=O) groups is 1. The van der Waals surface area contributed by atoms with E-state index in [1.165, 1.54) is 12.1 Å². The number of aromatic nitrogens is 2. The number of nitrogens with one attached hydrogen (secondary N) is 1. The number of aliphatic hydroxyl groups is 1. The van der Waals surface area contributed by atoms with Gasteiger partial charge in [-0.2, -0.15) is 4.98 Å². The van der Waals surface area contributed by atoms with Gasteiger partial charge in [0.1, 0.15) is 11.6 Å². The molecule has 1 saturated heterocycles. The van der Waals surface area contributed by atoms with Gasteiger partial charge in [-0.3, -0.25) is 4.79 Å². The lowest BCUT2D eigenvalue weighted by atomic mass is 9.92. The maximum absolute atomic E-state index is 14.3. The third-order valence-electron chi connectivity index (χ3n) is 5.69. The SMILES string of the molecule is CC(C)c1noc(N2CCC(CCCOc3ccc(C(=O)N[C@H](C)CO)c(F)c3)CC2)n1. The number of nitrogens with zero attached hydrogens (tertiary/aromatic N) is 3. The molecule has 2 heterocycles. The van der Waals surface area contributed by atoms with Crippen LogP contribution < -0.4 is 15.0 Å². The van der Waals surface area contributed by atoms with E-state index in [9.17, 15) is 9.18 Å². The standard InChI is InChI=1S/C23H33FN4O4/c1-15(2)21-26-23(32-27-21)28-10-8-17(9-11-28)5-4-12-31-18-6-7-19(20(24)13-18)22(30)25-16(3)14-29/h6-7,13,15-17,29H,4-5,8-12,14H2,1-3H3,(H,25,30)/t16-/m1/s1. The van der Waals surface area contributed by atoms with E-state index < -0.39 is 17.8 Å². The Kier molecular flexibility index (Phi) is 8.44. The van der Waals surface area contributed by atoms with E-state index in [1.54, 1.807) is 13.0 Å². The Morgan fingerprint density at radius 3 is 2.72 bits per heavy atom. The third kappa shape index (κ3) is 6.41. The first-order valence-electron chi connectivity index (χ1n) is 11.3. The van der Waals surface area contributed by atoms with Crippen molar-refractivity contribution in [3.05, 3.63) is 35.4 Å². The fourth-order valence-corrected chi connectivity index (χ4v) is 3.68. The first kappa shape index (κ1) is 24.0. The quantitative estimate of drug-likeness (QED) is 0.536. The van der Waals surface area contributed by atoms with Gasteiger partial charge in [-0.1, -0.05) is 19.0 Å². The van der Waals surface area contributed by atoms with Crippen molar-refractivity contribution in [2.24, 2.45) is 5.92 Å². The summed E-state index contributed by atoms with van der Waals surface area (Å²) < 4.78 is 25.3. The van der Waals surface area contributed by atoms with Crippen LogP contribution in [0.3, 0.4) is 0 Å². The number of rotatable bonds is 10. The van der Waals surface area contributed by atoms with Gasteiger partial charge in [0.25, 0.3) is 5.91 Å². The summed E-state index contributed by atoms with van der Waals surface area (Å²) >= 11 is 0. The summed E-state index contributed by atoms with van der Waals surface area (Å²) in [6, 6.07) is 4.40. The van der Waals surface area contributed by atoms with Crippen molar-refractivity contribution in [2.45, 2.75) is 58.4 Å². The Morgan fingerprint density at radius 1 is 1.34 bits per heavy atom. The first-order valence-corrected chi connectivity index (χ1v) is 11.3. The number of aliphatic hydroxyl groups excluding tert-OH is 1. The number of benzene rings is 1. The van der Waals surface area contributed by atoms with Gasteiger partial charge in [0.2, 0.25) is 0 Å². The second-order valence-electron chi connectivity index (χ2n) is 8.71. The monoisotopic (exact) mass is 448 g/mol. The molecule has 0 spiro atoms. The zero-order valence-corrected chi connectivity index (χ0v) is 19.0. The Bertz CT molecular complexity index is 881. The van der Waals surface area contributed by atoms with Crippen molar-refractivity contribution in [1.82, 2.24) is 15.5 Å². The molecule has 2 N–H and O–H groups in total. The lowest BCUT2D eigenvalue weighted by Gasteiger charge is -2.30. The molecule has 0 saturated carbocycles. The summed E-state index contributed by atoms with van der Waals surface area (Å²) in [4.78, 5) is 18.6. The highest BCUT2D eigenvalue weighted by Crippen LogP contribution is 2.26. The van der Waals surface area contributed by atoms with Crippen LogP contribution in [0.4, 0.5) is 10.4 Å². The molecule has 176 valence electrons. The van der Waals surface area contributed by atoms with Crippen LogP contribution in [0, 0.1) is 11.7 Å². The molecular weight excluding hydrogens is 415 g/mol. The van der Waals surface area contributed by atoms with Crippen LogP contribution in [0.25, 0.3) is 0 Å². The molecule has 1 fully saturated rings. The predicted molar refractivity (Wildman–Crippen MR) is 118 cm³/mol. The summed E-state index contributed by atoms with van der Waals surface area (Å²) in [6.07, 6.45) is 4.03. The molecule has 1 amide bonds. The zero-order chi connectivity index (χ0) is 23.1. The second-order valence-corrected chi connectivity index (χ2v) is 8.71. The summed E-state index contributed by atoms with van der Waals surface area (Å²) in [7, 11) is 0. The largest absolute Gasteiger partial charge is 0.493 e. The maximum Gasteiger partial charge on any atom is 0.324 e. The van der Waals surface area contributed by atoms with Crippen LogP contribution in [0.5, 0.6) is 5.75 Å². The van der Waals surface area contributed by atoms with E-state index in [-0.39, 0.29) is 18.1 Å². The Balaban J connectivity index is 1.37. The van der Waals surface area contributed by atoms with E-state index in [0.29, 0.717) is 24.3 Å². The van der Waals surface area contributed by atoms with E-state index in [4.69, 9.17) is 14.4 Å². The lowest BCUT2D eigenvalue weighted by molar-refractivity contribution is 0.0918. The molecule has 0 radical (unpaired) electrons. The minimum atomic E-state index is -0.640.